The van der Waals surface area contributed by atoms with Crippen LogP contribution in [0.25, 0.3) is 0 Å². The lowest BCUT2D eigenvalue weighted by atomic mass is 9.85. The number of nitro benzene ring substituents is 1. The number of carbonyl (C=O) groups is 1. The van der Waals surface area contributed by atoms with Gasteiger partial charge in [-0.25, -0.2) is 0 Å². The smallest absolute Gasteiger partial charge is 0.377 e. The summed E-state index contributed by atoms with van der Waals surface area (Å²) in [6, 6.07) is 3.61. The summed E-state index contributed by atoms with van der Waals surface area (Å²) in [6.07, 6.45) is -3.77. The first-order valence-electron chi connectivity index (χ1n) is 7.93. The Balaban J connectivity index is 2.11. The molecule has 0 heterocycles. The summed E-state index contributed by atoms with van der Waals surface area (Å²) in [5.74, 6) is -1.83. The second-order valence-corrected chi connectivity index (χ2v) is 6.42. The maximum Gasteiger partial charge on any atom is 0.391 e. The van der Waals surface area contributed by atoms with E-state index in [2.05, 4.69) is 5.32 Å². The van der Waals surface area contributed by atoms with Crippen LogP contribution in [0.1, 0.15) is 36.0 Å². The van der Waals surface area contributed by atoms with Gasteiger partial charge in [0.15, 0.2) is 0 Å². The van der Waals surface area contributed by atoms with Gasteiger partial charge in [0.2, 0.25) is 0 Å². The number of hydrogen-bond acceptors (Lipinski definition) is 4. The van der Waals surface area contributed by atoms with E-state index >= 15 is 0 Å². The molecular weight excluding hydrogens is 339 g/mol. The van der Waals surface area contributed by atoms with Crippen LogP contribution in [0.4, 0.5) is 24.5 Å². The standard InChI is InChI=1S/C16H20F3N3O3/c1-21(2)14-8-7-12(22(24)25)9-13(14)15(23)20-11-5-3-10(4-6-11)16(17,18)19/h7-11H,3-6H2,1-2H3,(H,20,23). The van der Waals surface area contributed by atoms with Crippen LogP contribution in [0.2, 0.25) is 0 Å². The quantitative estimate of drug-likeness (QED) is 0.659. The summed E-state index contributed by atoms with van der Waals surface area (Å²) in [5, 5.41) is 13.6. The molecule has 2 rings (SSSR count). The number of nitrogens with one attached hydrogen (secondary N) is 1. The largest absolute Gasteiger partial charge is 0.391 e. The van der Waals surface area contributed by atoms with Gasteiger partial charge in [-0.15, -0.1) is 0 Å². The summed E-state index contributed by atoms with van der Waals surface area (Å²) in [6.45, 7) is 0. The molecule has 1 aliphatic carbocycles. The lowest BCUT2D eigenvalue weighted by Crippen LogP contribution is -2.40. The minimum absolute atomic E-state index is 0.0239. The summed E-state index contributed by atoms with van der Waals surface area (Å²) < 4.78 is 38.1. The van der Waals surface area contributed by atoms with Gasteiger partial charge in [-0.1, -0.05) is 0 Å². The van der Waals surface area contributed by atoms with Crippen molar-refractivity contribution in [3.63, 3.8) is 0 Å². The Morgan fingerprint density at radius 2 is 1.84 bits per heavy atom. The zero-order valence-electron chi connectivity index (χ0n) is 14.0. The summed E-state index contributed by atoms with van der Waals surface area (Å²) in [7, 11) is 3.40. The zero-order chi connectivity index (χ0) is 18.8. The Bertz CT molecular complexity index is 654. The number of anilines is 1. The van der Waals surface area contributed by atoms with Crippen LogP contribution in [0.5, 0.6) is 0 Å². The highest BCUT2D eigenvalue weighted by Crippen LogP contribution is 2.37. The van der Waals surface area contributed by atoms with E-state index in [1.807, 2.05) is 0 Å². The molecule has 25 heavy (non-hydrogen) atoms. The molecule has 0 atom stereocenters. The fourth-order valence-electron chi connectivity index (χ4n) is 3.04. The van der Waals surface area contributed by atoms with Crippen LogP contribution in [-0.2, 0) is 0 Å². The van der Waals surface area contributed by atoms with Crippen molar-refractivity contribution in [3.05, 3.63) is 33.9 Å². The number of non-ortho nitro benzene ring substituents is 1. The van der Waals surface area contributed by atoms with Gasteiger partial charge < -0.3 is 10.2 Å². The predicted molar refractivity (Wildman–Crippen MR) is 86.7 cm³/mol. The number of alkyl halides is 3. The van der Waals surface area contributed by atoms with Crippen molar-refractivity contribution in [1.82, 2.24) is 5.32 Å². The van der Waals surface area contributed by atoms with E-state index in [9.17, 15) is 28.1 Å². The van der Waals surface area contributed by atoms with Gasteiger partial charge in [0, 0.05) is 38.0 Å². The Morgan fingerprint density at radius 1 is 1.24 bits per heavy atom. The minimum Gasteiger partial charge on any atom is -0.377 e. The first-order chi connectivity index (χ1) is 11.6. The molecule has 0 saturated heterocycles. The highest BCUT2D eigenvalue weighted by Gasteiger charge is 2.41. The van der Waals surface area contributed by atoms with Crippen molar-refractivity contribution in [2.24, 2.45) is 5.92 Å². The molecule has 138 valence electrons. The molecule has 1 aromatic rings. The van der Waals surface area contributed by atoms with Crippen molar-refractivity contribution in [1.29, 1.82) is 0 Å². The average Bonchev–Trinajstić information content (AvgIpc) is 2.53. The van der Waals surface area contributed by atoms with Gasteiger partial charge in [-0.2, -0.15) is 13.2 Å². The number of halogens is 3. The molecule has 9 heteroatoms. The Hall–Kier alpha value is -2.32. The SMILES string of the molecule is CN(C)c1ccc([N+](=O)[O-])cc1C(=O)NC1CCC(C(F)(F)F)CC1. The summed E-state index contributed by atoms with van der Waals surface area (Å²) >= 11 is 0. The van der Waals surface area contributed by atoms with Crippen LogP contribution in [0.3, 0.4) is 0 Å². The van der Waals surface area contributed by atoms with E-state index < -0.39 is 22.9 Å². The van der Waals surface area contributed by atoms with E-state index in [-0.39, 0.29) is 43.0 Å². The number of nitro groups is 1. The fraction of sp³-hybridized carbons (Fsp3) is 0.562. The van der Waals surface area contributed by atoms with E-state index in [1.54, 1.807) is 19.0 Å². The maximum atomic E-state index is 12.7. The lowest BCUT2D eigenvalue weighted by molar-refractivity contribution is -0.384. The number of amides is 1. The third-order valence-corrected chi connectivity index (χ3v) is 4.44. The average molecular weight is 359 g/mol. The summed E-state index contributed by atoms with van der Waals surface area (Å²) in [4.78, 5) is 24.5. The van der Waals surface area contributed by atoms with Crippen LogP contribution >= 0.6 is 0 Å². The lowest BCUT2D eigenvalue weighted by Gasteiger charge is -2.30. The molecule has 0 radical (unpaired) electrons. The van der Waals surface area contributed by atoms with Crippen LogP contribution < -0.4 is 10.2 Å². The van der Waals surface area contributed by atoms with E-state index in [4.69, 9.17) is 0 Å². The molecule has 1 aliphatic rings. The zero-order valence-corrected chi connectivity index (χ0v) is 14.0. The predicted octanol–water partition coefficient (Wildman–Crippen LogP) is 3.51. The van der Waals surface area contributed by atoms with Crippen molar-refractivity contribution in [3.8, 4) is 0 Å². The first kappa shape index (κ1) is 19.0. The van der Waals surface area contributed by atoms with Gasteiger partial charge in [0.1, 0.15) is 0 Å². The van der Waals surface area contributed by atoms with Crippen LogP contribution in [0.15, 0.2) is 18.2 Å². The Morgan fingerprint density at radius 3 is 2.32 bits per heavy atom. The molecule has 0 unspecified atom stereocenters. The molecular formula is C16H20F3N3O3. The number of rotatable bonds is 4. The maximum absolute atomic E-state index is 12.7. The van der Waals surface area contributed by atoms with Crippen molar-refractivity contribution in [2.75, 3.05) is 19.0 Å². The number of carbonyl (C=O) groups excluding carboxylic acids is 1. The third kappa shape index (κ3) is 4.61. The van der Waals surface area contributed by atoms with Crippen LogP contribution in [0, 0.1) is 16.0 Å². The molecule has 1 fully saturated rings. The van der Waals surface area contributed by atoms with Crippen molar-refractivity contribution >= 4 is 17.3 Å². The van der Waals surface area contributed by atoms with Gasteiger partial charge in [-0.05, 0) is 31.7 Å². The molecule has 1 N–H and O–H groups in total. The van der Waals surface area contributed by atoms with E-state index in [0.717, 1.165) is 0 Å². The van der Waals surface area contributed by atoms with Gasteiger partial charge in [0.05, 0.1) is 16.4 Å². The minimum atomic E-state index is -4.20. The number of hydrogen-bond donors (Lipinski definition) is 1. The molecule has 0 aromatic heterocycles. The molecule has 1 aromatic carbocycles. The van der Waals surface area contributed by atoms with Gasteiger partial charge >= 0.3 is 6.18 Å². The van der Waals surface area contributed by atoms with E-state index in [1.165, 1.54) is 18.2 Å². The van der Waals surface area contributed by atoms with Crippen molar-refractivity contribution in [2.45, 2.75) is 37.9 Å². The molecule has 0 spiro atoms. The Kier molecular flexibility index (Phi) is 5.54. The molecule has 6 nitrogen and oxygen atoms in total. The second kappa shape index (κ2) is 7.28. The third-order valence-electron chi connectivity index (χ3n) is 4.44. The highest BCUT2D eigenvalue weighted by molar-refractivity contribution is 6.00. The second-order valence-electron chi connectivity index (χ2n) is 6.42. The highest BCUT2D eigenvalue weighted by atomic mass is 19.4. The normalized spacial score (nSPS) is 20.8. The molecule has 1 amide bonds. The van der Waals surface area contributed by atoms with Crippen molar-refractivity contribution < 1.29 is 22.9 Å². The number of nitrogens with zero attached hydrogens (tertiary/aromatic N) is 2. The monoisotopic (exact) mass is 359 g/mol. The topological polar surface area (TPSA) is 75.5 Å². The first-order valence-corrected chi connectivity index (χ1v) is 7.93. The van der Waals surface area contributed by atoms with Gasteiger partial charge in [-0.3, -0.25) is 14.9 Å². The molecule has 1 saturated carbocycles. The Labute approximate surface area is 143 Å². The van der Waals surface area contributed by atoms with E-state index in [0.29, 0.717) is 5.69 Å². The van der Waals surface area contributed by atoms with Gasteiger partial charge in [0.25, 0.3) is 11.6 Å². The van der Waals surface area contributed by atoms with Crippen LogP contribution in [-0.4, -0.2) is 37.1 Å². The molecule has 0 aliphatic heterocycles. The molecule has 0 bridgehead atoms. The summed E-state index contributed by atoms with van der Waals surface area (Å²) in [5.41, 5.74) is 0.431. The number of benzene rings is 1. The fourth-order valence-corrected chi connectivity index (χ4v) is 3.04.